The van der Waals surface area contributed by atoms with Crippen molar-refractivity contribution in [1.82, 2.24) is 0 Å². The van der Waals surface area contributed by atoms with Crippen molar-refractivity contribution in [2.45, 2.75) is 135 Å². The summed E-state index contributed by atoms with van der Waals surface area (Å²) in [5, 5.41) is 0. The van der Waals surface area contributed by atoms with Gasteiger partial charge < -0.3 is 0 Å². The van der Waals surface area contributed by atoms with Gasteiger partial charge in [-0.1, -0.05) is 183 Å². The molecule has 0 saturated heterocycles. The number of unbranched alkanes of at least 4 members (excludes halogenated alkanes) is 12. The van der Waals surface area contributed by atoms with Crippen molar-refractivity contribution in [2.75, 3.05) is 6.16 Å². The van der Waals surface area contributed by atoms with E-state index < -0.39 is 7.94 Å². The smallest absolute Gasteiger partial charge is 0.278 e. The zero-order chi connectivity index (χ0) is 37.1. The molecule has 0 amide bonds. The second-order valence-electron chi connectivity index (χ2n) is 15.5. The van der Waals surface area contributed by atoms with Crippen molar-refractivity contribution >= 4 is 7.94 Å². The summed E-state index contributed by atoms with van der Waals surface area (Å²) < 4.78 is 12.8. The molecule has 1 N–H and O–H groups in total. The van der Waals surface area contributed by atoms with Gasteiger partial charge in [0.1, 0.15) is 0 Å². The average Bonchev–Trinajstić information content (AvgIpc) is 3.16. The van der Waals surface area contributed by atoms with Gasteiger partial charge in [0, 0.05) is 10.8 Å². The van der Waals surface area contributed by atoms with Crippen molar-refractivity contribution in [2.24, 2.45) is 0 Å². The molecule has 3 nitrogen and oxygen atoms in total. The van der Waals surface area contributed by atoms with Gasteiger partial charge in [-0.3, -0.25) is 9.05 Å². The van der Waals surface area contributed by atoms with Gasteiger partial charge in [0.25, 0.3) is 0 Å². The molecule has 4 heteroatoms. The first-order chi connectivity index (χ1) is 25.1. The minimum atomic E-state index is -3.24. The Morgan fingerprint density at radius 3 is 1.21 bits per heavy atom. The Bertz CT molecular complexity index is 1460. The summed E-state index contributed by atoms with van der Waals surface area (Å²) in [6.45, 7) is 11.2. The van der Waals surface area contributed by atoms with Gasteiger partial charge in [-0.15, -0.1) is 0 Å². The van der Waals surface area contributed by atoms with Crippen LogP contribution in [0.4, 0.5) is 0 Å². The van der Waals surface area contributed by atoms with Crippen molar-refractivity contribution < 1.29 is 13.9 Å². The summed E-state index contributed by atoms with van der Waals surface area (Å²) in [4.78, 5) is 12.0. The molecule has 0 saturated carbocycles. The average molecular weight is 722 g/mol. The second-order valence-corrected chi connectivity index (χ2v) is 17.6. The van der Waals surface area contributed by atoms with Crippen LogP contribution >= 0.6 is 7.94 Å². The van der Waals surface area contributed by atoms with Gasteiger partial charge >= 0.3 is 7.94 Å². The van der Waals surface area contributed by atoms with E-state index in [9.17, 15) is 4.89 Å². The normalized spacial score (nSPS) is 12.3. The SMILES string of the molecule is CCCCCCCC/C=C/CCCCCCCC[P+](O)(Oc1ccc(C(C)(C)c2ccccc2)cc1)Oc1ccc(C(C)(C)c2ccccc2)cc1. The standard InChI is InChI=1S/C48H66O3P/c1-6-7-8-9-10-11-12-13-14-15-16-17-18-19-20-27-40-52(49,50-45-36-32-43(33-37-45)47(2,3)41-28-23-21-24-29-41)51-46-38-34-44(35-39-46)48(4,5)42-30-25-22-26-31-42/h13-14,21-26,28-39,49H,6-12,15-20,27,40H2,1-5H3/q+1/b14-13+. The maximum atomic E-state index is 12.0. The quantitative estimate of drug-likeness (QED) is 0.0445. The number of rotatable bonds is 24. The lowest BCUT2D eigenvalue weighted by Gasteiger charge is -2.26. The minimum absolute atomic E-state index is 0.152. The van der Waals surface area contributed by atoms with Crippen LogP contribution in [0.25, 0.3) is 0 Å². The molecule has 0 aliphatic carbocycles. The van der Waals surface area contributed by atoms with E-state index in [0.29, 0.717) is 17.7 Å². The monoisotopic (exact) mass is 721 g/mol. The van der Waals surface area contributed by atoms with E-state index in [1.807, 2.05) is 24.3 Å². The molecule has 280 valence electrons. The molecule has 0 heterocycles. The highest BCUT2D eigenvalue weighted by Gasteiger charge is 2.43. The van der Waals surface area contributed by atoms with E-state index in [-0.39, 0.29) is 10.8 Å². The van der Waals surface area contributed by atoms with Gasteiger partial charge in [0.15, 0.2) is 17.7 Å². The predicted octanol–water partition coefficient (Wildman–Crippen LogP) is 14.6. The highest BCUT2D eigenvalue weighted by molar-refractivity contribution is 7.61. The van der Waals surface area contributed by atoms with Gasteiger partial charge in [0.05, 0.1) is 0 Å². The Balaban J connectivity index is 1.32. The van der Waals surface area contributed by atoms with Crippen LogP contribution in [0.1, 0.15) is 147 Å². The van der Waals surface area contributed by atoms with Crippen LogP contribution in [0, 0.1) is 0 Å². The number of benzene rings is 4. The third kappa shape index (κ3) is 13.2. The zero-order valence-electron chi connectivity index (χ0n) is 32.9. The second kappa shape index (κ2) is 21.3. The first-order valence-electron chi connectivity index (χ1n) is 20.1. The molecule has 0 radical (unpaired) electrons. The highest BCUT2D eigenvalue weighted by Crippen LogP contribution is 2.57. The van der Waals surface area contributed by atoms with Crippen LogP contribution in [-0.2, 0) is 10.8 Å². The van der Waals surface area contributed by atoms with E-state index in [1.54, 1.807) is 0 Å². The van der Waals surface area contributed by atoms with Gasteiger partial charge in [-0.05, 0) is 85.0 Å². The lowest BCUT2D eigenvalue weighted by Crippen LogP contribution is -2.19. The molecule has 0 atom stereocenters. The topological polar surface area (TPSA) is 38.7 Å². The van der Waals surface area contributed by atoms with E-state index in [1.165, 1.54) is 92.9 Å². The molecule has 0 aromatic heterocycles. The third-order valence-corrected chi connectivity index (χ3v) is 12.5. The Kier molecular flexibility index (Phi) is 17.0. The van der Waals surface area contributed by atoms with Crippen molar-refractivity contribution in [3.05, 3.63) is 144 Å². The highest BCUT2D eigenvalue weighted by atomic mass is 31.2. The lowest BCUT2D eigenvalue weighted by molar-refractivity contribution is 0.344. The van der Waals surface area contributed by atoms with Crippen LogP contribution in [0.2, 0.25) is 0 Å². The van der Waals surface area contributed by atoms with Crippen LogP contribution in [0.15, 0.2) is 121 Å². The molecule has 52 heavy (non-hydrogen) atoms. The largest absolute Gasteiger partial charge is 0.495 e. The molecular weight excluding hydrogens is 655 g/mol. The summed E-state index contributed by atoms with van der Waals surface area (Å²) in [7, 11) is -3.24. The molecule has 0 fully saturated rings. The van der Waals surface area contributed by atoms with Crippen LogP contribution in [0.5, 0.6) is 11.5 Å². The number of allylic oxidation sites excluding steroid dienone is 2. The zero-order valence-corrected chi connectivity index (χ0v) is 33.8. The van der Waals surface area contributed by atoms with Crippen LogP contribution < -0.4 is 9.05 Å². The molecular formula is C48H66O3P+. The summed E-state index contributed by atoms with van der Waals surface area (Å²) in [6, 6.07) is 37.5. The predicted molar refractivity (Wildman–Crippen MR) is 225 cm³/mol. The Hall–Kier alpha value is -3.39. The molecule has 0 unspecified atom stereocenters. The van der Waals surface area contributed by atoms with Crippen LogP contribution in [0.3, 0.4) is 0 Å². The molecule has 0 spiro atoms. The van der Waals surface area contributed by atoms with Gasteiger partial charge in [0.2, 0.25) is 0 Å². The first kappa shape index (κ1) is 41.4. The molecule has 0 aliphatic heterocycles. The minimum Gasteiger partial charge on any atom is -0.278 e. The van der Waals surface area contributed by atoms with E-state index in [2.05, 4.69) is 132 Å². The van der Waals surface area contributed by atoms with Crippen molar-refractivity contribution in [3.63, 3.8) is 0 Å². The molecule has 0 aliphatic rings. The maximum absolute atomic E-state index is 12.0. The fourth-order valence-electron chi connectivity index (χ4n) is 6.91. The summed E-state index contributed by atoms with van der Waals surface area (Å²) >= 11 is 0. The van der Waals surface area contributed by atoms with E-state index in [4.69, 9.17) is 9.05 Å². The Morgan fingerprint density at radius 1 is 0.462 bits per heavy atom. The summed E-state index contributed by atoms with van der Waals surface area (Å²) in [5.74, 6) is 1.27. The lowest BCUT2D eigenvalue weighted by atomic mass is 9.78. The molecule has 4 aromatic carbocycles. The first-order valence-corrected chi connectivity index (χ1v) is 21.9. The Morgan fingerprint density at radius 2 is 0.808 bits per heavy atom. The third-order valence-electron chi connectivity index (χ3n) is 10.6. The fraction of sp³-hybridized carbons (Fsp3) is 0.458. The molecule has 4 rings (SSSR count). The fourth-order valence-corrected chi connectivity index (χ4v) is 8.65. The number of hydrogen-bond donors (Lipinski definition) is 1. The van der Waals surface area contributed by atoms with Gasteiger partial charge in [-0.2, -0.15) is 4.89 Å². The van der Waals surface area contributed by atoms with Gasteiger partial charge in [-0.25, -0.2) is 0 Å². The summed E-state index contributed by atoms with van der Waals surface area (Å²) in [5.41, 5.74) is 4.60. The van der Waals surface area contributed by atoms with Crippen molar-refractivity contribution in [3.8, 4) is 11.5 Å². The maximum Gasteiger partial charge on any atom is 0.495 e. The van der Waals surface area contributed by atoms with E-state index in [0.717, 1.165) is 19.3 Å². The van der Waals surface area contributed by atoms with E-state index >= 15 is 0 Å². The van der Waals surface area contributed by atoms with Crippen molar-refractivity contribution in [1.29, 1.82) is 0 Å². The summed E-state index contributed by atoms with van der Waals surface area (Å²) in [6.07, 6.45) is 22.7. The molecule has 4 aromatic rings. The number of hydrogen-bond acceptors (Lipinski definition) is 3. The van der Waals surface area contributed by atoms with Crippen LogP contribution in [-0.4, -0.2) is 11.1 Å². The molecule has 0 bridgehead atoms. The Labute approximate surface area is 317 Å².